The van der Waals surface area contributed by atoms with Crippen LogP contribution in [0.1, 0.15) is 27.9 Å². The number of thiazole rings is 1. The second kappa shape index (κ2) is 8.87. The maximum absolute atomic E-state index is 12.3. The van der Waals surface area contributed by atoms with Gasteiger partial charge < -0.3 is 5.73 Å². The Bertz CT molecular complexity index is 723. The van der Waals surface area contributed by atoms with Gasteiger partial charge in [0.2, 0.25) is 0 Å². The highest BCUT2D eigenvalue weighted by molar-refractivity contribution is 7.15. The van der Waals surface area contributed by atoms with Crippen molar-refractivity contribution in [1.82, 2.24) is 9.88 Å². The molecule has 24 heavy (non-hydrogen) atoms. The molecule has 9 heteroatoms. The zero-order valence-corrected chi connectivity index (χ0v) is 16.2. The van der Waals surface area contributed by atoms with Gasteiger partial charge in [-0.25, -0.2) is 4.98 Å². The number of anilines is 2. The van der Waals surface area contributed by atoms with Crippen LogP contribution in [0.4, 0.5) is 10.8 Å². The van der Waals surface area contributed by atoms with Crippen molar-refractivity contribution in [2.24, 2.45) is 0 Å². The molecule has 0 fully saturated rings. The first kappa shape index (κ1) is 21.0. The number of rotatable bonds is 3. The smallest absolute Gasteiger partial charge is 0.258 e. The number of aromatic nitrogens is 1. The van der Waals surface area contributed by atoms with E-state index in [0.717, 1.165) is 31.7 Å². The molecule has 1 aromatic heterocycles. The molecular formula is C15H19Cl3N4OS. The number of hydrogen-bond donors (Lipinski definition) is 2. The van der Waals surface area contributed by atoms with Gasteiger partial charge in [0.05, 0.1) is 16.3 Å². The quantitative estimate of drug-likeness (QED) is 0.755. The third-order valence-electron chi connectivity index (χ3n) is 3.72. The predicted octanol–water partition coefficient (Wildman–Crippen LogP) is 3.85. The van der Waals surface area contributed by atoms with Crippen molar-refractivity contribution in [3.05, 3.63) is 39.4 Å². The summed E-state index contributed by atoms with van der Waals surface area (Å²) in [6.45, 7) is 5.10. The number of carbonyl (C=O) groups excluding carboxylic acids is 1. The van der Waals surface area contributed by atoms with E-state index in [0.29, 0.717) is 21.4 Å². The second-order valence-electron chi connectivity index (χ2n) is 5.20. The highest BCUT2D eigenvalue weighted by Gasteiger charge is 2.21. The summed E-state index contributed by atoms with van der Waals surface area (Å²) in [6.07, 6.45) is 0.929. The van der Waals surface area contributed by atoms with Gasteiger partial charge in [-0.15, -0.1) is 36.2 Å². The van der Waals surface area contributed by atoms with Crippen LogP contribution in [-0.2, 0) is 13.0 Å². The van der Waals surface area contributed by atoms with E-state index in [1.54, 1.807) is 18.2 Å². The van der Waals surface area contributed by atoms with Gasteiger partial charge in [-0.05, 0) is 24.7 Å². The van der Waals surface area contributed by atoms with E-state index in [4.69, 9.17) is 17.3 Å². The fourth-order valence-corrected chi connectivity index (χ4v) is 3.77. The minimum Gasteiger partial charge on any atom is -0.399 e. The van der Waals surface area contributed by atoms with Crippen LogP contribution >= 0.6 is 47.8 Å². The average Bonchev–Trinajstić information content (AvgIpc) is 2.87. The molecule has 0 spiro atoms. The van der Waals surface area contributed by atoms with Crippen LogP contribution in [0.15, 0.2) is 18.2 Å². The van der Waals surface area contributed by atoms with Crippen LogP contribution in [0.5, 0.6) is 0 Å². The number of fused-ring (bicyclic) bond motifs is 1. The Morgan fingerprint density at radius 3 is 2.88 bits per heavy atom. The Morgan fingerprint density at radius 1 is 1.46 bits per heavy atom. The van der Waals surface area contributed by atoms with Gasteiger partial charge in [-0.1, -0.05) is 18.5 Å². The minimum absolute atomic E-state index is 0. The van der Waals surface area contributed by atoms with Crippen molar-refractivity contribution < 1.29 is 4.79 Å². The second-order valence-corrected chi connectivity index (χ2v) is 6.69. The number of benzene rings is 1. The lowest BCUT2D eigenvalue weighted by Gasteiger charge is -2.23. The van der Waals surface area contributed by atoms with Gasteiger partial charge in [0, 0.05) is 30.1 Å². The maximum Gasteiger partial charge on any atom is 0.258 e. The van der Waals surface area contributed by atoms with Gasteiger partial charge in [0.25, 0.3) is 5.91 Å². The zero-order chi connectivity index (χ0) is 15.7. The molecule has 5 nitrogen and oxygen atoms in total. The Morgan fingerprint density at radius 2 is 2.21 bits per heavy atom. The Balaban J connectivity index is 0.00000144. The van der Waals surface area contributed by atoms with Crippen LogP contribution in [0.2, 0.25) is 5.02 Å². The number of nitrogens with one attached hydrogen (secondary N) is 1. The van der Waals surface area contributed by atoms with E-state index < -0.39 is 0 Å². The summed E-state index contributed by atoms with van der Waals surface area (Å²) in [5, 5.41) is 3.80. The number of hydrogen-bond acceptors (Lipinski definition) is 5. The lowest BCUT2D eigenvalue weighted by atomic mass is 10.2. The fraction of sp³-hybridized carbons (Fsp3) is 0.333. The van der Waals surface area contributed by atoms with Crippen LogP contribution in [-0.4, -0.2) is 28.9 Å². The molecule has 1 aromatic carbocycles. The van der Waals surface area contributed by atoms with Crippen LogP contribution in [0.25, 0.3) is 0 Å². The number of nitrogen functional groups attached to an aromatic ring is 1. The van der Waals surface area contributed by atoms with E-state index in [-0.39, 0.29) is 30.7 Å². The summed E-state index contributed by atoms with van der Waals surface area (Å²) in [4.78, 5) is 20.4. The van der Waals surface area contributed by atoms with Crippen LogP contribution in [0, 0.1) is 0 Å². The van der Waals surface area contributed by atoms with Gasteiger partial charge in [-0.3, -0.25) is 15.0 Å². The van der Waals surface area contributed by atoms with Gasteiger partial charge in [0.1, 0.15) is 0 Å². The topological polar surface area (TPSA) is 71.2 Å². The van der Waals surface area contributed by atoms with E-state index in [1.165, 1.54) is 16.2 Å². The molecule has 3 N–H and O–H groups in total. The SMILES string of the molecule is CCN1CCc2nc(NC(=O)c3ccc(N)cc3Cl)sc2C1.Cl.Cl. The van der Waals surface area contributed by atoms with Crippen LogP contribution < -0.4 is 11.1 Å². The average molecular weight is 410 g/mol. The summed E-state index contributed by atoms with van der Waals surface area (Å²) in [6, 6.07) is 4.86. The summed E-state index contributed by atoms with van der Waals surface area (Å²) in [5.74, 6) is -0.261. The van der Waals surface area contributed by atoms with E-state index in [9.17, 15) is 4.79 Å². The molecule has 0 atom stereocenters. The van der Waals surface area contributed by atoms with Crippen molar-refractivity contribution in [3.8, 4) is 0 Å². The molecule has 2 heterocycles. The first-order valence-electron chi connectivity index (χ1n) is 7.14. The Kier molecular flexibility index (Phi) is 7.76. The first-order valence-corrected chi connectivity index (χ1v) is 8.33. The Hall–Kier alpha value is -1.05. The van der Waals surface area contributed by atoms with Gasteiger partial charge in [-0.2, -0.15) is 0 Å². The highest BCUT2D eigenvalue weighted by atomic mass is 35.5. The number of likely N-dealkylation sites (N-methyl/N-ethyl adjacent to an activating group) is 1. The zero-order valence-electron chi connectivity index (χ0n) is 13.0. The molecule has 0 radical (unpaired) electrons. The fourth-order valence-electron chi connectivity index (χ4n) is 2.45. The monoisotopic (exact) mass is 408 g/mol. The molecule has 3 rings (SSSR count). The van der Waals surface area contributed by atoms with Crippen molar-refractivity contribution >= 4 is 64.5 Å². The van der Waals surface area contributed by atoms with Gasteiger partial charge >= 0.3 is 0 Å². The predicted molar refractivity (Wildman–Crippen MR) is 105 cm³/mol. The minimum atomic E-state index is -0.261. The van der Waals surface area contributed by atoms with Crippen LogP contribution in [0.3, 0.4) is 0 Å². The normalized spacial score (nSPS) is 13.4. The molecule has 0 unspecified atom stereocenters. The highest BCUT2D eigenvalue weighted by Crippen LogP contribution is 2.29. The largest absolute Gasteiger partial charge is 0.399 e. The van der Waals surface area contributed by atoms with Crippen molar-refractivity contribution in [1.29, 1.82) is 0 Å². The number of nitrogens with zero attached hydrogens (tertiary/aromatic N) is 2. The lowest BCUT2D eigenvalue weighted by Crippen LogP contribution is -2.29. The summed E-state index contributed by atoms with van der Waals surface area (Å²) in [5.41, 5.74) is 7.67. The molecule has 1 amide bonds. The summed E-state index contributed by atoms with van der Waals surface area (Å²) < 4.78 is 0. The molecule has 1 aliphatic rings. The summed E-state index contributed by atoms with van der Waals surface area (Å²) >= 11 is 7.60. The molecule has 0 saturated heterocycles. The molecule has 0 aliphatic carbocycles. The molecular weight excluding hydrogens is 391 g/mol. The number of nitrogens with two attached hydrogens (primary N) is 1. The third-order valence-corrected chi connectivity index (χ3v) is 5.03. The van der Waals surface area contributed by atoms with Crippen molar-refractivity contribution in [3.63, 3.8) is 0 Å². The lowest BCUT2D eigenvalue weighted by molar-refractivity contribution is 0.102. The molecule has 132 valence electrons. The third kappa shape index (κ3) is 4.52. The molecule has 2 aromatic rings. The van der Waals surface area contributed by atoms with Crippen molar-refractivity contribution in [2.45, 2.75) is 19.9 Å². The van der Waals surface area contributed by atoms with E-state index in [1.807, 2.05) is 0 Å². The standard InChI is InChI=1S/C15H17ClN4OS.2ClH/c1-2-20-6-5-12-13(8-20)22-15(18-12)19-14(21)10-4-3-9(17)7-11(10)16;;/h3-4,7H,2,5-6,8,17H2,1H3,(H,18,19,21);2*1H. The van der Waals surface area contributed by atoms with Crippen molar-refractivity contribution in [2.75, 3.05) is 24.1 Å². The Labute approximate surface area is 162 Å². The first-order chi connectivity index (χ1) is 10.6. The van der Waals surface area contributed by atoms with E-state index >= 15 is 0 Å². The molecule has 0 saturated carbocycles. The number of carbonyl (C=O) groups is 1. The molecule has 1 aliphatic heterocycles. The maximum atomic E-state index is 12.3. The summed E-state index contributed by atoms with van der Waals surface area (Å²) in [7, 11) is 0. The van der Waals surface area contributed by atoms with Gasteiger partial charge in [0.15, 0.2) is 5.13 Å². The molecule has 0 bridgehead atoms. The number of halogens is 3. The van der Waals surface area contributed by atoms with E-state index in [2.05, 4.69) is 22.1 Å². The number of amides is 1.